The molecule has 1 aliphatic heterocycles. The molecule has 11 heteroatoms. The second-order valence-corrected chi connectivity index (χ2v) is 8.35. The number of carbonyl (C=O) groups excluding carboxylic acids is 4. The zero-order valence-electron chi connectivity index (χ0n) is 20.2. The number of anilines is 1. The number of carbonyl (C=O) groups is 4. The van der Waals surface area contributed by atoms with Crippen molar-refractivity contribution in [3.05, 3.63) is 94.0 Å². The molecule has 38 heavy (non-hydrogen) atoms. The summed E-state index contributed by atoms with van der Waals surface area (Å²) in [5.74, 6) is -1.78. The molecule has 1 atom stereocenters. The molecule has 4 rings (SSSR count). The molecule has 1 aliphatic rings. The van der Waals surface area contributed by atoms with Crippen LogP contribution in [-0.2, 0) is 19.1 Å². The van der Waals surface area contributed by atoms with Crippen LogP contribution < -0.4 is 9.64 Å². The van der Waals surface area contributed by atoms with E-state index in [-0.39, 0.29) is 24.6 Å². The van der Waals surface area contributed by atoms with Gasteiger partial charge in [0.2, 0.25) is 5.91 Å². The Balaban J connectivity index is 1.28. The lowest BCUT2D eigenvalue weighted by Crippen LogP contribution is -2.27. The summed E-state index contributed by atoms with van der Waals surface area (Å²) in [6.45, 7) is -0.391. The number of non-ortho nitro benzene ring substituents is 1. The monoisotopic (exact) mass is 518 g/mol. The third kappa shape index (κ3) is 6.01. The summed E-state index contributed by atoms with van der Waals surface area (Å²) in [6, 6.07) is 17.9. The highest BCUT2D eigenvalue weighted by Crippen LogP contribution is 2.27. The molecule has 1 fully saturated rings. The first-order chi connectivity index (χ1) is 18.2. The molecule has 1 amide bonds. The van der Waals surface area contributed by atoms with Gasteiger partial charge in [0.05, 0.1) is 23.5 Å². The van der Waals surface area contributed by atoms with Crippen LogP contribution in [-0.4, -0.2) is 48.8 Å². The van der Waals surface area contributed by atoms with E-state index in [1.54, 1.807) is 24.3 Å². The quantitative estimate of drug-likeness (QED) is 0.178. The van der Waals surface area contributed by atoms with Gasteiger partial charge in [-0.05, 0) is 60.7 Å². The molecule has 0 spiro atoms. The van der Waals surface area contributed by atoms with Crippen molar-refractivity contribution in [3.63, 3.8) is 0 Å². The first-order valence-electron chi connectivity index (χ1n) is 11.5. The predicted octanol–water partition coefficient (Wildman–Crippen LogP) is 3.95. The van der Waals surface area contributed by atoms with Crippen LogP contribution in [0.25, 0.3) is 0 Å². The van der Waals surface area contributed by atoms with Crippen molar-refractivity contribution in [2.75, 3.05) is 25.2 Å². The van der Waals surface area contributed by atoms with Gasteiger partial charge in [-0.3, -0.25) is 24.5 Å². The highest BCUT2D eigenvalue weighted by atomic mass is 16.6. The number of benzene rings is 3. The van der Waals surface area contributed by atoms with Gasteiger partial charge in [-0.1, -0.05) is 0 Å². The zero-order valence-corrected chi connectivity index (χ0v) is 20.2. The van der Waals surface area contributed by atoms with E-state index in [1.165, 1.54) is 60.5 Å². The van der Waals surface area contributed by atoms with Crippen LogP contribution in [0.2, 0.25) is 0 Å². The minimum atomic E-state index is -0.729. The molecule has 0 bridgehead atoms. The fraction of sp³-hybridized carbons (Fsp3) is 0.185. The van der Waals surface area contributed by atoms with E-state index in [9.17, 15) is 29.3 Å². The van der Waals surface area contributed by atoms with Gasteiger partial charge in [0.1, 0.15) is 11.5 Å². The van der Waals surface area contributed by atoms with Crippen LogP contribution in [0.5, 0.6) is 11.5 Å². The first-order valence-corrected chi connectivity index (χ1v) is 11.5. The van der Waals surface area contributed by atoms with E-state index in [0.717, 1.165) is 0 Å². The molecule has 0 N–H and O–H groups in total. The normalized spacial score (nSPS) is 14.6. The number of esters is 2. The van der Waals surface area contributed by atoms with Gasteiger partial charge in [-0.15, -0.1) is 0 Å². The summed E-state index contributed by atoms with van der Waals surface area (Å²) < 4.78 is 15.5. The molecule has 0 radical (unpaired) electrons. The van der Waals surface area contributed by atoms with Crippen LogP contribution >= 0.6 is 0 Å². The number of hydrogen-bond donors (Lipinski definition) is 0. The minimum absolute atomic E-state index is 0.0551. The molecule has 3 aromatic rings. The van der Waals surface area contributed by atoms with E-state index < -0.39 is 35.2 Å². The van der Waals surface area contributed by atoms with E-state index >= 15 is 0 Å². The maximum absolute atomic E-state index is 12.5. The SMILES string of the molecule is COC(=O)c1ccc(N2C[C@@H](C(=O)OCC(=O)c3ccc(Oc4ccc([N+](=O)[O-])cc4)cc3)CC2=O)cc1. The molecule has 0 aliphatic carbocycles. The third-order valence-corrected chi connectivity index (χ3v) is 5.86. The first kappa shape index (κ1) is 26.0. The maximum atomic E-state index is 12.5. The second-order valence-electron chi connectivity index (χ2n) is 8.35. The van der Waals surface area contributed by atoms with Crippen molar-refractivity contribution < 1.29 is 38.3 Å². The van der Waals surface area contributed by atoms with Gasteiger partial charge in [-0.25, -0.2) is 4.79 Å². The summed E-state index contributed by atoms with van der Waals surface area (Å²) in [6.07, 6.45) is -0.0551. The van der Waals surface area contributed by atoms with Crippen molar-refractivity contribution in [1.29, 1.82) is 0 Å². The third-order valence-electron chi connectivity index (χ3n) is 5.86. The Hall–Kier alpha value is -5.06. The van der Waals surface area contributed by atoms with Crippen molar-refractivity contribution in [2.24, 2.45) is 5.92 Å². The van der Waals surface area contributed by atoms with E-state index in [2.05, 4.69) is 4.74 Å². The molecule has 0 saturated carbocycles. The van der Waals surface area contributed by atoms with E-state index in [1.807, 2.05) is 0 Å². The number of rotatable bonds is 9. The van der Waals surface area contributed by atoms with Crippen LogP contribution in [0.1, 0.15) is 27.1 Å². The lowest BCUT2D eigenvalue weighted by molar-refractivity contribution is -0.384. The Kier molecular flexibility index (Phi) is 7.76. The average Bonchev–Trinajstić information content (AvgIpc) is 3.33. The van der Waals surface area contributed by atoms with Crippen LogP contribution in [0, 0.1) is 16.0 Å². The highest BCUT2D eigenvalue weighted by molar-refractivity contribution is 6.01. The van der Waals surface area contributed by atoms with Gasteiger partial charge in [0.15, 0.2) is 12.4 Å². The molecular formula is C27H22N2O9. The number of nitro benzene ring substituents is 1. The molecule has 1 heterocycles. The van der Waals surface area contributed by atoms with Crippen molar-refractivity contribution in [3.8, 4) is 11.5 Å². The zero-order chi connectivity index (χ0) is 27.2. The molecule has 11 nitrogen and oxygen atoms in total. The van der Waals surface area contributed by atoms with Gasteiger partial charge >= 0.3 is 11.9 Å². The molecule has 3 aromatic carbocycles. The Labute approximate surface area is 216 Å². The number of ether oxygens (including phenoxy) is 3. The van der Waals surface area contributed by atoms with Gasteiger partial charge in [0.25, 0.3) is 5.69 Å². The number of hydrogen-bond acceptors (Lipinski definition) is 9. The summed E-state index contributed by atoms with van der Waals surface area (Å²) >= 11 is 0. The lowest BCUT2D eigenvalue weighted by atomic mass is 10.1. The van der Waals surface area contributed by atoms with Crippen molar-refractivity contribution in [1.82, 2.24) is 0 Å². The summed E-state index contributed by atoms with van der Waals surface area (Å²) in [4.78, 5) is 60.7. The topological polar surface area (TPSA) is 142 Å². The smallest absolute Gasteiger partial charge is 0.337 e. The number of Topliss-reactive ketones (excluding diaryl/α,β-unsaturated/α-hetero) is 1. The van der Waals surface area contributed by atoms with Gasteiger partial charge < -0.3 is 19.1 Å². The number of amides is 1. The summed E-state index contributed by atoms with van der Waals surface area (Å²) in [5, 5.41) is 10.7. The number of methoxy groups -OCH3 is 1. The highest BCUT2D eigenvalue weighted by Gasteiger charge is 2.36. The Morgan fingerprint density at radius 3 is 2.08 bits per heavy atom. The fourth-order valence-electron chi connectivity index (χ4n) is 3.83. The fourth-order valence-corrected chi connectivity index (χ4v) is 3.83. The number of nitro groups is 1. The molecule has 194 valence electrons. The number of ketones is 1. The van der Waals surface area contributed by atoms with Gasteiger partial charge in [0, 0.05) is 36.3 Å². The predicted molar refractivity (Wildman–Crippen MR) is 133 cm³/mol. The van der Waals surface area contributed by atoms with Crippen LogP contribution in [0.3, 0.4) is 0 Å². The summed E-state index contributed by atoms with van der Waals surface area (Å²) in [5.41, 5.74) is 1.11. The van der Waals surface area contributed by atoms with Crippen molar-refractivity contribution >= 4 is 35.0 Å². The van der Waals surface area contributed by atoms with E-state index in [0.29, 0.717) is 28.3 Å². The minimum Gasteiger partial charge on any atom is -0.465 e. The Morgan fingerprint density at radius 2 is 1.50 bits per heavy atom. The standard InChI is InChI=1S/C27H22N2O9/c1-36-26(32)18-2-6-20(7-3-18)28-15-19(14-25(28)31)27(33)37-16-24(30)17-4-10-22(11-5-17)38-23-12-8-21(9-13-23)29(34)35/h2-13,19H,14-16H2,1H3/t19-/m0/s1. The maximum Gasteiger partial charge on any atom is 0.337 e. The molecule has 0 unspecified atom stereocenters. The summed E-state index contributed by atoms with van der Waals surface area (Å²) in [7, 11) is 1.27. The second kappa shape index (κ2) is 11.3. The van der Waals surface area contributed by atoms with Gasteiger partial charge in [-0.2, -0.15) is 0 Å². The number of nitrogens with zero attached hydrogens (tertiary/aromatic N) is 2. The van der Waals surface area contributed by atoms with Crippen LogP contribution in [0.4, 0.5) is 11.4 Å². The molecule has 0 aromatic heterocycles. The Morgan fingerprint density at radius 1 is 0.921 bits per heavy atom. The largest absolute Gasteiger partial charge is 0.465 e. The van der Waals surface area contributed by atoms with Crippen LogP contribution in [0.15, 0.2) is 72.8 Å². The van der Waals surface area contributed by atoms with E-state index in [4.69, 9.17) is 9.47 Å². The van der Waals surface area contributed by atoms with Crippen molar-refractivity contribution in [2.45, 2.75) is 6.42 Å². The molecule has 1 saturated heterocycles. The lowest BCUT2D eigenvalue weighted by Gasteiger charge is -2.16. The molecular weight excluding hydrogens is 496 g/mol. The average molecular weight is 518 g/mol. The Bertz CT molecular complexity index is 1370.